The van der Waals surface area contributed by atoms with Gasteiger partial charge in [0.1, 0.15) is 17.8 Å². The fourth-order valence-corrected chi connectivity index (χ4v) is 4.10. The van der Waals surface area contributed by atoms with Crippen molar-refractivity contribution >= 4 is 29.5 Å². The predicted octanol–water partition coefficient (Wildman–Crippen LogP) is 3.94. The molecule has 0 aromatic rings. The topological polar surface area (TPSA) is 119 Å². The summed E-state index contributed by atoms with van der Waals surface area (Å²) in [6.45, 7) is 18.6. The van der Waals surface area contributed by atoms with Crippen molar-refractivity contribution < 1.29 is 38.8 Å². The van der Waals surface area contributed by atoms with E-state index in [1.165, 1.54) is 13.8 Å². The Balaban J connectivity index is 3.57. The molecule has 0 bridgehead atoms. The largest absolute Gasteiger partial charge is 0.455 e. The summed E-state index contributed by atoms with van der Waals surface area (Å²) in [6, 6.07) is 0. The van der Waals surface area contributed by atoms with Crippen molar-refractivity contribution in [3.05, 3.63) is 47.6 Å². The first kappa shape index (κ1) is 31.6. The fourth-order valence-electron chi connectivity index (χ4n) is 3.78. The number of carbonyl (C=O) groups excluding carboxylic acids is 3. The quantitative estimate of drug-likeness (QED) is 0.144. The van der Waals surface area contributed by atoms with E-state index in [0.717, 1.165) is 0 Å². The van der Waals surface area contributed by atoms with E-state index in [1.807, 2.05) is 0 Å². The Hall–Kier alpha value is -2.42. The summed E-state index contributed by atoms with van der Waals surface area (Å²) >= 11 is 6.54. The van der Waals surface area contributed by atoms with Gasteiger partial charge in [-0.05, 0) is 53.5 Å². The van der Waals surface area contributed by atoms with E-state index in [9.17, 15) is 24.6 Å². The van der Waals surface area contributed by atoms with Crippen LogP contribution < -0.4 is 0 Å². The molecule has 0 spiro atoms. The van der Waals surface area contributed by atoms with Crippen molar-refractivity contribution in [1.29, 1.82) is 0 Å². The first-order chi connectivity index (χ1) is 16.6. The lowest BCUT2D eigenvalue weighted by molar-refractivity contribution is -0.202. The monoisotopic (exact) mass is 526 g/mol. The highest BCUT2D eigenvalue weighted by atomic mass is 35.5. The van der Waals surface area contributed by atoms with Crippen LogP contribution >= 0.6 is 11.6 Å². The lowest BCUT2D eigenvalue weighted by atomic mass is 9.71. The van der Waals surface area contributed by atoms with Gasteiger partial charge < -0.3 is 24.4 Å². The molecule has 36 heavy (non-hydrogen) atoms. The number of rotatable bonds is 10. The Morgan fingerprint density at radius 1 is 1.06 bits per heavy atom. The van der Waals surface area contributed by atoms with Crippen molar-refractivity contribution in [2.24, 2.45) is 5.92 Å². The molecule has 0 amide bonds. The van der Waals surface area contributed by atoms with E-state index in [0.29, 0.717) is 22.3 Å². The van der Waals surface area contributed by atoms with Gasteiger partial charge in [-0.2, -0.15) is 0 Å². The van der Waals surface area contributed by atoms with Crippen molar-refractivity contribution in [3.63, 3.8) is 0 Å². The molecule has 1 aliphatic carbocycles. The van der Waals surface area contributed by atoms with Gasteiger partial charge in [0, 0.05) is 30.4 Å². The van der Waals surface area contributed by atoms with E-state index >= 15 is 0 Å². The number of allylic oxidation sites excluding steroid dienone is 2. The molecule has 1 aliphatic rings. The molecule has 202 valence electrons. The van der Waals surface area contributed by atoms with E-state index in [2.05, 4.69) is 13.2 Å². The van der Waals surface area contributed by atoms with Crippen LogP contribution in [0.4, 0.5) is 0 Å². The van der Waals surface area contributed by atoms with Crippen molar-refractivity contribution in [1.82, 2.24) is 0 Å². The minimum Gasteiger partial charge on any atom is -0.455 e. The molecule has 1 saturated carbocycles. The molecule has 0 aromatic heterocycles. The normalized spacial score (nSPS) is 28.5. The van der Waals surface area contributed by atoms with Crippen LogP contribution in [0.3, 0.4) is 0 Å². The number of hydrogen-bond donors (Lipinski definition) is 2. The minimum absolute atomic E-state index is 0.0520. The third kappa shape index (κ3) is 7.79. The highest BCUT2D eigenvalue weighted by Gasteiger charge is 2.56. The highest BCUT2D eigenvalue weighted by molar-refractivity contribution is 6.21. The first-order valence-electron chi connectivity index (χ1n) is 11.8. The maximum Gasteiger partial charge on any atom is 0.333 e. The molecule has 2 N–H and O–H groups in total. The maximum absolute atomic E-state index is 12.8. The van der Waals surface area contributed by atoms with Crippen LogP contribution in [0.2, 0.25) is 0 Å². The second kappa shape index (κ2) is 13.2. The summed E-state index contributed by atoms with van der Waals surface area (Å²) in [6.07, 6.45) is -1.39. The second-order valence-corrected chi connectivity index (χ2v) is 9.97. The molecular weight excluding hydrogens is 488 g/mol. The SMILES string of the molecule is C=C(C)C(O)CC(OC(=O)C(C)=CC)C(=C)C1CC(Cl)C(C)(O)C(OC(C)=O)C1OC(=O)C(C)=CC. The average Bonchev–Trinajstić information content (AvgIpc) is 2.80. The summed E-state index contributed by atoms with van der Waals surface area (Å²) in [5, 5.41) is 20.7. The van der Waals surface area contributed by atoms with Gasteiger partial charge in [-0.25, -0.2) is 9.59 Å². The number of aliphatic hydroxyl groups is 2. The number of hydrogen-bond acceptors (Lipinski definition) is 8. The fraction of sp³-hybridized carbons (Fsp3) is 0.593. The van der Waals surface area contributed by atoms with E-state index in [1.54, 1.807) is 46.8 Å². The number of carbonyl (C=O) groups is 3. The van der Waals surface area contributed by atoms with Crippen LogP contribution in [-0.2, 0) is 28.6 Å². The minimum atomic E-state index is -1.75. The molecule has 1 rings (SSSR count). The maximum atomic E-state index is 12.8. The number of ether oxygens (including phenoxy) is 3. The van der Waals surface area contributed by atoms with Gasteiger partial charge in [-0.3, -0.25) is 4.79 Å². The van der Waals surface area contributed by atoms with Crippen LogP contribution in [0.25, 0.3) is 0 Å². The molecule has 0 aliphatic heterocycles. The molecule has 7 unspecified atom stereocenters. The Labute approximate surface area is 218 Å². The van der Waals surface area contributed by atoms with Crippen molar-refractivity contribution in [2.45, 2.75) is 96.7 Å². The summed E-state index contributed by atoms with van der Waals surface area (Å²) in [7, 11) is 0. The number of halogens is 1. The van der Waals surface area contributed by atoms with Gasteiger partial charge >= 0.3 is 17.9 Å². The summed E-state index contributed by atoms with van der Waals surface area (Å²) in [4.78, 5) is 37.3. The van der Waals surface area contributed by atoms with Crippen LogP contribution in [0.1, 0.15) is 61.3 Å². The zero-order valence-electron chi connectivity index (χ0n) is 22.2. The highest BCUT2D eigenvalue weighted by Crippen LogP contribution is 2.44. The standard InChI is InChI=1S/C27H39ClO8/c1-10-15(5)25(31)35-21(13-20(30)14(3)4)17(7)19-12-22(28)27(9,33)24(34-18(8)29)23(19)36-26(32)16(6)11-2/h10-11,19-24,30,33H,3,7,12-13H2,1-2,4-6,8-9H3. The molecule has 0 heterocycles. The average molecular weight is 527 g/mol. The third-order valence-corrected chi connectivity index (χ3v) is 7.18. The number of alkyl halides is 1. The molecule has 1 fully saturated rings. The Bertz CT molecular complexity index is 932. The van der Waals surface area contributed by atoms with E-state index in [4.69, 9.17) is 25.8 Å². The van der Waals surface area contributed by atoms with Crippen LogP contribution in [0.5, 0.6) is 0 Å². The zero-order valence-corrected chi connectivity index (χ0v) is 22.9. The molecule has 8 nitrogen and oxygen atoms in total. The van der Waals surface area contributed by atoms with Gasteiger partial charge in [0.25, 0.3) is 0 Å². The summed E-state index contributed by atoms with van der Waals surface area (Å²) in [5.74, 6) is -2.78. The lowest BCUT2D eigenvalue weighted by Crippen LogP contribution is -2.63. The number of esters is 3. The van der Waals surface area contributed by atoms with Gasteiger partial charge in [-0.1, -0.05) is 30.9 Å². The van der Waals surface area contributed by atoms with Crippen molar-refractivity contribution in [3.8, 4) is 0 Å². The van der Waals surface area contributed by atoms with Gasteiger partial charge in [0.05, 0.1) is 11.5 Å². The second-order valence-electron chi connectivity index (χ2n) is 9.45. The van der Waals surface area contributed by atoms with Gasteiger partial charge in [0.2, 0.25) is 0 Å². The van der Waals surface area contributed by atoms with Gasteiger partial charge in [-0.15, -0.1) is 11.6 Å². The Morgan fingerprint density at radius 3 is 2.06 bits per heavy atom. The van der Waals surface area contributed by atoms with E-state index in [-0.39, 0.29) is 12.8 Å². The molecule has 9 heteroatoms. The van der Waals surface area contributed by atoms with Crippen molar-refractivity contribution in [2.75, 3.05) is 0 Å². The molecular formula is C27H39ClO8. The zero-order chi connectivity index (χ0) is 28.0. The molecule has 0 saturated heterocycles. The van der Waals surface area contributed by atoms with Crippen LogP contribution in [-0.4, -0.2) is 63.5 Å². The molecule has 7 atom stereocenters. The first-order valence-corrected chi connectivity index (χ1v) is 12.3. The smallest absolute Gasteiger partial charge is 0.333 e. The predicted molar refractivity (Wildman–Crippen MR) is 137 cm³/mol. The lowest BCUT2D eigenvalue weighted by Gasteiger charge is -2.48. The van der Waals surface area contributed by atoms with Crippen LogP contribution in [0.15, 0.2) is 47.6 Å². The Morgan fingerprint density at radius 2 is 1.58 bits per heavy atom. The number of aliphatic hydroxyl groups excluding tert-OH is 1. The third-order valence-electron chi connectivity index (χ3n) is 6.56. The van der Waals surface area contributed by atoms with Gasteiger partial charge in [0.15, 0.2) is 6.10 Å². The van der Waals surface area contributed by atoms with E-state index < -0.39 is 59.2 Å². The molecule has 0 aromatic carbocycles. The summed E-state index contributed by atoms with van der Waals surface area (Å²) in [5.41, 5.74) is -0.342. The van der Waals surface area contributed by atoms with Crippen LogP contribution in [0, 0.1) is 5.92 Å². The summed E-state index contributed by atoms with van der Waals surface area (Å²) < 4.78 is 16.9. The Kier molecular flexibility index (Phi) is 11.6. The molecule has 0 radical (unpaired) electrons.